The van der Waals surface area contributed by atoms with Crippen LogP contribution in [-0.4, -0.2) is 58.8 Å². The fraction of sp³-hybridized carbons (Fsp3) is 0.444. The van der Waals surface area contributed by atoms with Gasteiger partial charge in [-0.15, -0.1) is 0 Å². The van der Waals surface area contributed by atoms with Crippen molar-refractivity contribution in [3.63, 3.8) is 0 Å². The Labute approximate surface area is 175 Å². The number of benzene rings is 1. The monoisotopic (exact) mass is 437 g/mol. The van der Waals surface area contributed by atoms with E-state index in [0.29, 0.717) is 19.1 Å². The molecule has 0 saturated carbocycles. The van der Waals surface area contributed by atoms with Gasteiger partial charge >= 0.3 is 12.7 Å². The lowest BCUT2D eigenvalue weighted by Gasteiger charge is -2.37. The van der Waals surface area contributed by atoms with E-state index in [1.54, 1.807) is 10.9 Å². The highest BCUT2D eigenvalue weighted by atomic mass is 28.3. The Morgan fingerprint density at radius 3 is 2.80 bits per heavy atom. The smallest absolute Gasteiger partial charge is 0.467 e. The number of carboxylic acid groups (broad SMARTS) is 1. The fourth-order valence-electron chi connectivity index (χ4n) is 2.80. The number of fused-ring (bicyclic) bond motifs is 1. The quantitative estimate of drug-likeness (QED) is 0.396. The first kappa shape index (κ1) is 22.2. The van der Waals surface area contributed by atoms with Crippen molar-refractivity contribution in [3.05, 3.63) is 35.7 Å². The largest absolute Gasteiger partial charge is 0.665 e. The van der Waals surface area contributed by atoms with Gasteiger partial charge in [-0.1, -0.05) is 25.7 Å². The zero-order valence-corrected chi connectivity index (χ0v) is 18.2. The lowest BCUT2D eigenvalue weighted by Crippen LogP contribution is -2.51. The summed E-state index contributed by atoms with van der Waals surface area (Å²) in [5, 5.41) is 33.1. The molecule has 3 rings (SSSR count). The van der Waals surface area contributed by atoms with E-state index in [1.807, 2.05) is 0 Å². The third-order valence-electron chi connectivity index (χ3n) is 4.41. The van der Waals surface area contributed by atoms with E-state index < -0.39 is 27.3 Å². The number of nitrogens with zero attached hydrogens (tertiary/aromatic N) is 2. The van der Waals surface area contributed by atoms with Gasteiger partial charge in [0.25, 0.3) is 0 Å². The third-order valence-corrected chi connectivity index (χ3v) is 6.11. The van der Waals surface area contributed by atoms with Gasteiger partial charge < -0.3 is 34.0 Å². The first-order valence-electron chi connectivity index (χ1n) is 9.58. The number of rotatable bonds is 9. The number of ether oxygens (including phenoxy) is 3. The van der Waals surface area contributed by atoms with Gasteiger partial charge in [-0.05, 0) is 12.1 Å². The molecule has 1 aliphatic rings. The summed E-state index contributed by atoms with van der Waals surface area (Å²) in [7, 11) is -1.15. The Balaban J connectivity index is 1.64. The molecule has 0 saturated heterocycles. The van der Waals surface area contributed by atoms with Crippen molar-refractivity contribution in [3.8, 4) is 17.2 Å². The molecular weight excluding hydrogens is 411 g/mol. The molecule has 0 spiro atoms. The molecule has 1 aromatic heterocycles. The summed E-state index contributed by atoms with van der Waals surface area (Å²) in [4.78, 5) is 11.8. The van der Waals surface area contributed by atoms with E-state index in [4.69, 9.17) is 18.9 Å². The van der Waals surface area contributed by atoms with Crippen molar-refractivity contribution in [2.24, 2.45) is 0 Å². The first-order valence-corrected chi connectivity index (χ1v) is 13.3. The summed E-state index contributed by atoms with van der Waals surface area (Å²) in [6.07, 6.45) is 3.17. The maximum atomic E-state index is 11.8. The van der Waals surface area contributed by atoms with Gasteiger partial charge in [-0.2, -0.15) is 5.10 Å². The number of aromatic carboxylic acids is 1. The molecule has 1 aromatic carbocycles. The lowest BCUT2D eigenvalue weighted by atomic mass is 9.80. The second-order valence-electron chi connectivity index (χ2n) is 8.37. The highest BCUT2D eigenvalue weighted by Gasteiger charge is 2.34. The lowest BCUT2D eigenvalue weighted by molar-refractivity contribution is 0.0687. The topological polar surface area (TPSA) is 132 Å². The highest BCUT2D eigenvalue weighted by Crippen LogP contribution is 2.38. The maximum Gasteiger partial charge on any atom is 0.467 e. The zero-order chi connectivity index (χ0) is 21.9. The summed E-state index contributed by atoms with van der Waals surface area (Å²) in [5.41, 5.74) is 0.0427. The van der Waals surface area contributed by atoms with Crippen LogP contribution in [0.3, 0.4) is 0 Å². The van der Waals surface area contributed by atoms with E-state index in [1.165, 1.54) is 18.3 Å². The van der Waals surface area contributed by atoms with E-state index >= 15 is 0 Å². The molecule has 12 heteroatoms. The molecule has 0 amide bonds. The first-order chi connectivity index (χ1) is 14.0. The molecule has 0 unspecified atom stereocenters. The van der Waals surface area contributed by atoms with Crippen molar-refractivity contribution in [1.82, 2.24) is 9.78 Å². The average Bonchev–Trinajstić information content (AvgIpc) is 3.09. The minimum atomic E-state index is -3.28. The van der Waals surface area contributed by atoms with Crippen molar-refractivity contribution in [2.75, 3.05) is 13.1 Å². The van der Waals surface area contributed by atoms with Gasteiger partial charge in [0.05, 0.1) is 18.9 Å². The Bertz CT molecular complexity index is 912. The minimum Gasteiger partial charge on any atom is -0.665 e. The Hall–Kier alpha value is -2.54. The standard InChI is InChI=1S/C18H26BN2O8Si/c1-30(2,3)7-6-26-12-21-9-14(8-20-21)27-10-13-4-5-15-17(16(13)18(22)23)29-19(24,25)11-28-15/h4-5,8-9,24-25H,6-7,10-12H2,1-3H3,(H,22,23)/q-1. The number of carboxylic acids is 1. The fourth-order valence-corrected chi connectivity index (χ4v) is 3.55. The Morgan fingerprint density at radius 1 is 1.33 bits per heavy atom. The second kappa shape index (κ2) is 8.68. The number of carbonyl (C=O) groups is 1. The Kier molecular flexibility index (Phi) is 6.41. The van der Waals surface area contributed by atoms with Crippen LogP contribution in [0.15, 0.2) is 24.5 Å². The van der Waals surface area contributed by atoms with Crippen LogP contribution in [0.5, 0.6) is 17.2 Å². The van der Waals surface area contributed by atoms with Crippen LogP contribution < -0.4 is 14.1 Å². The van der Waals surface area contributed by atoms with E-state index in [0.717, 1.165) is 6.04 Å². The summed E-state index contributed by atoms with van der Waals surface area (Å²) in [5.74, 6) is -0.960. The maximum absolute atomic E-state index is 11.8. The number of hydrogen-bond donors (Lipinski definition) is 3. The van der Waals surface area contributed by atoms with E-state index in [2.05, 4.69) is 24.7 Å². The van der Waals surface area contributed by atoms with Crippen LogP contribution in [0.2, 0.25) is 25.7 Å². The van der Waals surface area contributed by atoms with Gasteiger partial charge in [0.1, 0.15) is 24.7 Å². The van der Waals surface area contributed by atoms with Crippen molar-refractivity contribution < 1.29 is 38.8 Å². The number of hydrogen-bond acceptors (Lipinski definition) is 8. The van der Waals surface area contributed by atoms with Gasteiger partial charge in [0, 0.05) is 20.2 Å². The van der Waals surface area contributed by atoms with E-state index in [9.17, 15) is 19.9 Å². The summed E-state index contributed by atoms with van der Waals surface area (Å²) in [6.45, 7) is 3.97. The van der Waals surface area contributed by atoms with Crippen LogP contribution in [0.25, 0.3) is 0 Å². The SMILES string of the molecule is C[Si](C)(C)CCOCn1cc(OCc2ccc3c(c2C(=O)O)O[B-](O)(O)CO3)cn1. The predicted molar refractivity (Wildman–Crippen MR) is 110 cm³/mol. The van der Waals surface area contributed by atoms with Gasteiger partial charge in [-0.25, -0.2) is 9.48 Å². The van der Waals surface area contributed by atoms with Crippen LogP contribution in [0.1, 0.15) is 15.9 Å². The molecule has 164 valence electrons. The number of aromatic nitrogens is 2. The molecule has 0 radical (unpaired) electrons. The normalized spacial score (nSPS) is 15.1. The Morgan fingerprint density at radius 2 is 2.10 bits per heavy atom. The molecule has 2 heterocycles. The molecule has 0 aliphatic carbocycles. The van der Waals surface area contributed by atoms with Crippen molar-refractivity contribution in [2.45, 2.75) is 39.0 Å². The summed E-state index contributed by atoms with van der Waals surface area (Å²) in [6, 6.07) is 4.09. The molecule has 3 N–H and O–H groups in total. The van der Waals surface area contributed by atoms with Gasteiger partial charge in [0.2, 0.25) is 0 Å². The molecule has 30 heavy (non-hydrogen) atoms. The molecule has 0 bridgehead atoms. The highest BCUT2D eigenvalue weighted by molar-refractivity contribution is 6.76. The predicted octanol–water partition coefficient (Wildman–Crippen LogP) is 1.71. The van der Waals surface area contributed by atoms with Gasteiger partial charge in [0.15, 0.2) is 11.5 Å². The third kappa shape index (κ3) is 5.75. The van der Waals surface area contributed by atoms with Gasteiger partial charge in [-0.3, -0.25) is 0 Å². The molecule has 0 fully saturated rings. The van der Waals surface area contributed by atoms with Crippen LogP contribution in [0, 0.1) is 0 Å². The minimum absolute atomic E-state index is 0.0860. The van der Waals surface area contributed by atoms with Crippen molar-refractivity contribution >= 4 is 20.8 Å². The molecule has 2 aromatic rings. The molecule has 1 aliphatic heterocycles. The van der Waals surface area contributed by atoms with Crippen molar-refractivity contribution in [1.29, 1.82) is 0 Å². The average molecular weight is 437 g/mol. The van der Waals surface area contributed by atoms with E-state index in [-0.39, 0.29) is 29.2 Å². The molecule has 10 nitrogen and oxygen atoms in total. The van der Waals surface area contributed by atoms with Crippen LogP contribution in [0.4, 0.5) is 0 Å². The summed E-state index contributed by atoms with van der Waals surface area (Å²) >= 11 is 0. The zero-order valence-electron chi connectivity index (χ0n) is 17.2. The summed E-state index contributed by atoms with van der Waals surface area (Å²) < 4.78 is 23.1. The van der Waals surface area contributed by atoms with Crippen LogP contribution in [-0.2, 0) is 18.1 Å². The van der Waals surface area contributed by atoms with Crippen LogP contribution >= 0.6 is 0 Å². The molecular formula is C18H26BN2O8Si-. The molecule has 0 atom stereocenters. The second-order valence-corrected chi connectivity index (χ2v) is 14.0.